The summed E-state index contributed by atoms with van der Waals surface area (Å²) in [4.78, 5) is 13.2. The number of carbonyl (C=O) groups excluding carboxylic acids is 1. The van der Waals surface area contributed by atoms with Crippen LogP contribution in [-0.4, -0.2) is 23.6 Å². The summed E-state index contributed by atoms with van der Waals surface area (Å²) >= 11 is 0. The minimum atomic E-state index is -0.241. The van der Waals surface area contributed by atoms with Crippen molar-refractivity contribution in [3.63, 3.8) is 0 Å². The predicted octanol–water partition coefficient (Wildman–Crippen LogP) is 4.31. The lowest BCUT2D eigenvalue weighted by Crippen LogP contribution is -2.32. The summed E-state index contributed by atoms with van der Waals surface area (Å²) in [5.41, 5.74) is 11.3. The van der Waals surface area contributed by atoms with E-state index in [0.717, 1.165) is 23.5 Å². The van der Waals surface area contributed by atoms with Crippen molar-refractivity contribution in [1.29, 1.82) is 0 Å². The first kappa shape index (κ1) is 20.8. The fourth-order valence-electron chi connectivity index (χ4n) is 3.81. The Morgan fingerprint density at radius 2 is 1.65 bits per heavy atom. The van der Waals surface area contributed by atoms with Crippen LogP contribution in [0.3, 0.4) is 0 Å². The number of para-hydroxylation sites is 1. The van der Waals surface area contributed by atoms with Gasteiger partial charge >= 0.3 is 0 Å². The van der Waals surface area contributed by atoms with E-state index in [-0.39, 0.29) is 5.91 Å². The van der Waals surface area contributed by atoms with Crippen LogP contribution < -0.4 is 11.1 Å². The van der Waals surface area contributed by atoms with E-state index in [2.05, 4.69) is 36.5 Å². The zero-order valence-electron chi connectivity index (χ0n) is 17.8. The summed E-state index contributed by atoms with van der Waals surface area (Å²) in [6, 6.07) is 27.7. The molecule has 0 radical (unpaired) electrons. The number of benzene rings is 3. The molecule has 3 aromatic carbocycles. The molecular formula is C26H28N3O2+. The topological polar surface area (TPSA) is 64.3 Å². The van der Waals surface area contributed by atoms with Crippen LogP contribution in [0.5, 0.6) is 0 Å². The summed E-state index contributed by atoms with van der Waals surface area (Å²) in [7, 11) is 0. The van der Waals surface area contributed by atoms with Gasteiger partial charge in [0.1, 0.15) is 19.8 Å². The number of anilines is 1. The van der Waals surface area contributed by atoms with Crippen LogP contribution >= 0.6 is 0 Å². The highest BCUT2D eigenvalue weighted by Crippen LogP contribution is 2.40. The quantitative estimate of drug-likeness (QED) is 0.250. The fourth-order valence-corrected chi connectivity index (χ4v) is 3.81. The number of nitrogens with one attached hydrogen (secondary N) is 1. The van der Waals surface area contributed by atoms with Gasteiger partial charge < -0.3 is 10.1 Å². The second kappa shape index (κ2) is 9.16. The lowest BCUT2D eigenvalue weighted by molar-refractivity contribution is -0.794. The molecule has 158 valence electrons. The van der Waals surface area contributed by atoms with E-state index in [1.54, 1.807) is 0 Å². The smallest absolute Gasteiger partial charge is 0.297 e. The number of rotatable bonds is 8. The normalized spacial score (nSPS) is 18.9. The highest BCUT2D eigenvalue weighted by molar-refractivity contribution is 6.02. The monoisotopic (exact) mass is 414 g/mol. The molecule has 0 spiro atoms. The van der Waals surface area contributed by atoms with Crippen molar-refractivity contribution in [3.05, 3.63) is 113 Å². The Balaban J connectivity index is 1.60. The number of quaternary nitrogens is 1. The summed E-state index contributed by atoms with van der Waals surface area (Å²) in [5.74, 6) is 0.126. The maximum atomic E-state index is 13.2. The second-order valence-corrected chi connectivity index (χ2v) is 8.00. The first-order valence-electron chi connectivity index (χ1n) is 10.5. The Morgan fingerprint density at radius 1 is 0.968 bits per heavy atom. The molecular weight excluding hydrogens is 386 g/mol. The second-order valence-electron chi connectivity index (χ2n) is 8.00. The van der Waals surface area contributed by atoms with Gasteiger partial charge in [0.25, 0.3) is 5.91 Å². The molecule has 1 aliphatic heterocycles. The molecule has 0 aliphatic carbocycles. The molecule has 1 fully saturated rings. The summed E-state index contributed by atoms with van der Waals surface area (Å²) in [6.45, 7) is 4.27. The van der Waals surface area contributed by atoms with Crippen LogP contribution in [0.15, 0.2) is 96.4 Å². The van der Waals surface area contributed by atoms with Gasteiger partial charge in [0.05, 0.1) is 0 Å². The number of nitrogens with zero attached hydrogens (tertiary/aromatic N) is 1. The van der Waals surface area contributed by atoms with Gasteiger partial charge in [0, 0.05) is 11.3 Å². The molecule has 0 bridgehead atoms. The SMILES string of the molecule is Cc1cccc(C[N+]2(CN)C/C2=C(/OCc2ccccc2)C(=O)Nc2ccccc2)c1. The van der Waals surface area contributed by atoms with E-state index in [9.17, 15) is 4.79 Å². The standard InChI is InChI=1S/C26H27N3O2/c1-20-9-8-12-22(15-20)16-29(19-27)17-24(29)25(31-18-21-10-4-2-5-11-21)26(30)28-23-13-6-3-7-14-23/h2-15H,16-19,27H2,1H3/p+1/b25-24-. The maximum Gasteiger partial charge on any atom is 0.297 e. The van der Waals surface area contributed by atoms with Gasteiger partial charge in [0.2, 0.25) is 11.5 Å². The van der Waals surface area contributed by atoms with Gasteiger partial charge in [0.15, 0.2) is 6.54 Å². The van der Waals surface area contributed by atoms with Gasteiger partial charge in [-0.1, -0.05) is 78.4 Å². The summed E-state index contributed by atoms with van der Waals surface area (Å²) in [5, 5.41) is 2.96. The van der Waals surface area contributed by atoms with E-state index in [1.807, 2.05) is 60.7 Å². The molecule has 3 N–H and O–H groups in total. The number of amides is 1. The Kier molecular flexibility index (Phi) is 6.16. The Bertz CT molecular complexity index is 1080. The molecule has 0 aromatic heterocycles. The van der Waals surface area contributed by atoms with Crippen LogP contribution in [0, 0.1) is 6.92 Å². The minimum absolute atomic E-state index is 0.241. The van der Waals surface area contributed by atoms with E-state index >= 15 is 0 Å². The van der Waals surface area contributed by atoms with Crippen LogP contribution in [-0.2, 0) is 22.7 Å². The number of hydrogen-bond donors (Lipinski definition) is 2. The molecule has 31 heavy (non-hydrogen) atoms. The minimum Gasteiger partial charge on any atom is -0.479 e. The van der Waals surface area contributed by atoms with Gasteiger partial charge in [-0.25, -0.2) is 0 Å². The number of carbonyl (C=O) groups is 1. The molecule has 1 saturated heterocycles. The van der Waals surface area contributed by atoms with Gasteiger partial charge in [-0.15, -0.1) is 0 Å². The Morgan fingerprint density at radius 3 is 2.32 bits per heavy atom. The average Bonchev–Trinajstić information content (AvgIpc) is 3.49. The number of hydrogen-bond acceptors (Lipinski definition) is 3. The highest BCUT2D eigenvalue weighted by Gasteiger charge is 2.54. The van der Waals surface area contributed by atoms with Crippen molar-refractivity contribution in [2.24, 2.45) is 5.73 Å². The van der Waals surface area contributed by atoms with Gasteiger partial charge in [-0.2, -0.15) is 0 Å². The van der Waals surface area contributed by atoms with Crippen LogP contribution in [0.25, 0.3) is 0 Å². The van der Waals surface area contributed by atoms with Crippen LogP contribution in [0.2, 0.25) is 0 Å². The molecule has 5 nitrogen and oxygen atoms in total. The van der Waals surface area contributed by atoms with Crippen LogP contribution in [0.4, 0.5) is 5.69 Å². The summed E-state index contributed by atoms with van der Waals surface area (Å²) < 4.78 is 6.64. The molecule has 1 unspecified atom stereocenters. The van der Waals surface area contributed by atoms with E-state index in [1.165, 1.54) is 11.1 Å². The van der Waals surface area contributed by atoms with Crippen molar-refractivity contribution in [1.82, 2.24) is 0 Å². The third-order valence-electron chi connectivity index (χ3n) is 5.56. The maximum absolute atomic E-state index is 13.2. The van der Waals surface area contributed by atoms with E-state index in [0.29, 0.717) is 30.1 Å². The van der Waals surface area contributed by atoms with Crippen molar-refractivity contribution >= 4 is 11.6 Å². The Labute approximate surface area is 183 Å². The van der Waals surface area contributed by atoms with Crippen molar-refractivity contribution in [3.8, 4) is 0 Å². The first-order chi connectivity index (χ1) is 15.1. The first-order valence-corrected chi connectivity index (χ1v) is 10.5. The third kappa shape index (κ3) is 5.02. The molecule has 1 aliphatic rings. The molecule has 5 heteroatoms. The van der Waals surface area contributed by atoms with Crippen molar-refractivity contribution in [2.45, 2.75) is 20.1 Å². The predicted molar refractivity (Wildman–Crippen MR) is 122 cm³/mol. The number of ether oxygens (including phenoxy) is 1. The van der Waals surface area contributed by atoms with Gasteiger partial charge in [-0.3, -0.25) is 15.0 Å². The molecule has 1 amide bonds. The number of aryl methyl sites for hydroxylation is 1. The zero-order chi connectivity index (χ0) is 21.7. The molecule has 0 saturated carbocycles. The molecule has 3 aromatic rings. The van der Waals surface area contributed by atoms with Gasteiger partial charge in [-0.05, 0) is 24.6 Å². The molecule has 1 atom stereocenters. The van der Waals surface area contributed by atoms with Crippen molar-refractivity contribution in [2.75, 3.05) is 18.5 Å². The van der Waals surface area contributed by atoms with E-state index < -0.39 is 0 Å². The average molecular weight is 415 g/mol. The number of nitrogens with two attached hydrogens (primary N) is 1. The van der Waals surface area contributed by atoms with E-state index in [4.69, 9.17) is 10.5 Å². The van der Waals surface area contributed by atoms with Crippen molar-refractivity contribution < 1.29 is 14.0 Å². The third-order valence-corrected chi connectivity index (χ3v) is 5.56. The lowest BCUT2D eigenvalue weighted by atomic mass is 10.1. The largest absolute Gasteiger partial charge is 0.479 e. The zero-order valence-corrected chi connectivity index (χ0v) is 17.8. The highest BCUT2D eigenvalue weighted by atomic mass is 16.5. The lowest BCUT2D eigenvalue weighted by Gasteiger charge is -2.17. The summed E-state index contributed by atoms with van der Waals surface area (Å²) in [6.07, 6.45) is 0. The molecule has 4 rings (SSSR count). The fraction of sp³-hybridized carbons (Fsp3) is 0.192. The Hall–Kier alpha value is -3.41. The molecule has 1 heterocycles. The van der Waals surface area contributed by atoms with Crippen LogP contribution in [0.1, 0.15) is 16.7 Å².